The lowest BCUT2D eigenvalue weighted by atomic mass is 9.67. The molecular formula is C24H31NO5S3. The van der Waals surface area contributed by atoms with Crippen molar-refractivity contribution < 1.29 is 22.7 Å². The van der Waals surface area contributed by atoms with Gasteiger partial charge < -0.3 is 4.74 Å². The van der Waals surface area contributed by atoms with Crippen molar-refractivity contribution in [3.05, 3.63) is 29.3 Å². The van der Waals surface area contributed by atoms with Crippen molar-refractivity contribution >= 4 is 51.0 Å². The van der Waals surface area contributed by atoms with E-state index in [1.807, 2.05) is 0 Å². The zero-order valence-electron chi connectivity index (χ0n) is 19.0. The van der Waals surface area contributed by atoms with Crippen LogP contribution in [0.2, 0.25) is 0 Å². The minimum absolute atomic E-state index is 0.0461. The number of carbonyl (C=O) groups is 2. The number of ether oxygens (including phenoxy) is 1. The lowest BCUT2D eigenvalue weighted by Gasteiger charge is -2.51. The minimum atomic E-state index is -3.32. The standard InChI is InChI=1S/C24H31NO5S3/c1-2-33(28,29)25-9-8-16-12-17(6-7-21(16)25)22(26)15-30-23(27)18-13-19-4-3-5-20(14-18)24(19)31-10-11-32-24/h6-7,12,18-20H,2-5,8-11,13-15H2,1H3. The molecule has 33 heavy (non-hydrogen) atoms. The summed E-state index contributed by atoms with van der Waals surface area (Å²) in [7, 11) is -3.32. The first-order valence-electron chi connectivity index (χ1n) is 11.9. The summed E-state index contributed by atoms with van der Waals surface area (Å²) in [4.78, 5) is 25.6. The summed E-state index contributed by atoms with van der Waals surface area (Å²) < 4.78 is 31.8. The van der Waals surface area contributed by atoms with E-state index < -0.39 is 10.0 Å². The van der Waals surface area contributed by atoms with Crippen LogP contribution in [0.25, 0.3) is 0 Å². The van der Waals surface area contributed by atoms with Crippen LogP contribution in [0.4, 0.5) is 5.69 Å². The van der Waals surface area contributed by atoms with Crippen LogP contribution in [0.5, 0.6) is 0 Å². The molecule has 3 fully saturated rings. The summed E-state index contributed by atoms with van der Waals surface area (Å²) in [5, 5.41) is 0. The number of thioether (sulfide) groups is 2. The number of fused-ring (bicyclic) bond motifs is 1. The van der Waals surface area contributed by atoms with E-state index in [0.717, 1.165) is 18.4 Å². The Bertz CT molecular complexity index is 1030. The Balaban J connectivity index is 1.20. The summed E-state index contributed by atoms with van der Waals surface area (Å²) in [6.07, 6.45) is 5.98. The molecule has 0 amide bonds. The fraction of sp³-hybridized carbons (Fsp3) is 0.667. The Kier molecular flexibility index (Phi) is 6.50. The van der Waals surface area contributed by atoms with Gasteiger partial charge in [0.2, 0.25) is 10.0 Å². The number of hydrogen-bond acceptors (Lipinski definition) is 7. The molecule has 2 heterocycles. The second-order valence-corrected chi connectivity index (χ2v) is 14.7. The van der Waals surface area contributed by atoms with Gasteiger partial charge in [0.15, 0.2) is 12.4 Å². The predicted octanol–water partition coefficient (Wildman–Crippen LogP) is 4.13. The lowest BCUT2D eigenvalue weighted by molar-refractivity contribution is -0.150. The Hall–Kier alpha value is -1.19. The third kappa shape index (κ3) is 4.22. The van der Waals surface area contributed by atoms with E-state index in [1.54, 1.807) is 25.1 Å². The fourth-order valence-corrected chi connectivity index (χ4v) is 11.2. The molecule has 2 unspecified atom stereocenters. The molecule has 1 aromatic rings. The van der Waals surface area contributed by atoms with Crippen molar-refractivity contribution in [2.75, 3.05) is 34.7 Å². The number of anilines is 1. The topological polar surface area (TPSA) is 80.8 Å². The van der Waals surface area contributed by atoms with Crippen LogP contribution in [0.1, 0.15) is 54.9 Å². The van der Waals surface area contributed by atoms with Crippen molar-refractivity contribution in [3.63, 3.8) is 0 Å². The van der Waals surface area contributed by atoms with Crippen LogP contribution in [0, 0.1) is 17.8 Å². The average molecular weight is 510 g/mol. The summed E-state index contributed by atoms with van der Waals surface area (Å²) in [6, 6.07) is 5.09. The first-order chi connectivity index (χ1) is 15.8. The number of hydrogen-bond donors (Lipinski definition) is 0. The van der Waals surface area contributed by atoms with Gasteiger partial charge in [-0.05, 0) is 74.6 Å². The highest BCUT2D eigenvalue weighted by Gasteiger charge is 2.55. The average Bonchev–Trinajstić information content (AvgIpc) is 3.45. The monoisotopic (exact) mass is 509 g/mol. The molecule has 6 nitrogen and oxygen atoms in total. The van der Waals surface area contributed by atoms with Crippen molar-refractivity contribution in [1.29, 1.82) is 0 Å². The van der Waals surface area contributed by atoms with Gasteiger partial charge in [-0.1, -0.05) is 6.42 Å². The fourth-order valence-electron chi connectivity index (χ4n) is 6.13. The van der Waals surface area contributed by atoms with Gasteiger partial charge >= 0.3 is 5.97 Å². The number of rotatable bonds is 6. The summed E-state index contributed by atoms with van der Waals surface area (Å²) in [5.74, 6) is 3.03. The molecule has 180 valence electrons. The highest BCUT2D eigenvalue weighted by molar-refractivity contribution is 8.21. The maximum Gasteiger partial charge on any atom is 0.309 e. The van der Waals surface area contributed by atoms with E-state index in [0.29, 0.717) is 40.1 Å². The van der Waals surface area contributed by atoms with Crippen LogP contribution in [0.15, 0.2) is 18.2 Å². The molecule has 0 radical (unpaired) electrons. The van der Waals surface area contributed by atoms with Crippen molar-refractivity contribution in [2.24, 2.45) is 17.8 Å². The third-order valence-corrected chi connectivity index (χ3v) is 13.6. The van der Waals surface area contributed by atoms with Gasteiger partial charge in [-0.3, -0.25) is 13.9 Å². The van der Waals surface area contributed by atoms with E-state index in [1.165, 1.54) is 35.1 Å². The van der Waals surface area contributed by atoms with Gasteiger partial charge in [0.05, 0.1) is 21.4 Å². The zero-order valence-corrected chi connectivity index (χ0v) is 21.4. The predicted molar refractivity (Wildman–Crippen MR) is 133 cm³/mol. The zero-order chi connectivity index (χ0) is 23.2. The van der Waals surface area contributed by atoms with Crippen LogP contribution in [0.3, 0.4) is 0 Å². The molecule has 5 rings (SSSR count). The third-order valence-electron chi connectivity index (χ3n) is 7.75. The summed E-state index contributed by atoms with van der Waals surface area (Å²) in [5.41, 5.74) is 1.97. The molecule has 2 saturated carbocycles. The summed E-state index contributed by atoms with van der Waals surface area (Å²) in [6.45, 7) is 1.78. The Morgan fingerprint density at radius 2 is 1.85 bits per heavy atom. The SMILES string of the molecule is CCS(=O)(=O)N1CCc2cc(C(=O)COC(=O)C3CC4CCCC(C3)C43SCCS3)ccc21. The van der Waals surface area contributed by atoms with Gasteiger partial charge in [0.25, 0.3) is 0 Å². The van der Waals surface area contributed by atoms with E-state index in [4.69, 9.17) is 4.74 Å². The molecule has 2 atom stereocenters. The van der Waals surface area contributed by atoms with Gasteiger partial charge in [-0.25, -0.2) is 8.42 Å². The van der Waals surface area contributed by atoms with Gasteiger partial charge in [0, 0.05) is 23.6 Å². The van der Waals surface area contributed by atoms with Crippen LogP contribution in [-0.4, -0.2) is 54.7 Å². The van der Waals surface area contributed by atoms with E-state index >= 15 is 0 Å². The molecule has 4 aliphatic rings. The van der Waals surface area contributed by atoms with Crippen LogP contribution >= 0.6 is 23.5 Å². The minimum Gasteiger partial charge on any atom is -0.457 e. The Morgan fingerprint density at radius 3 is 2.52 bits per heavy atom. The molecule has 0 aromatic heterocycles. The van der Waals surface area contributed by atoms with Crippen molar-refractivity contribution in [2.45, 2.75) is 49.5 Å². The van der Waals surface area contributed by atoms with E-state index in [2.05, 4.69) is 23.5 Å². The van der Waals surface area contributed by atoms with Crippen LogP contribution < -0.4 is 4.31 Å². The van der Waals surface area contributed by atoms with Gasteiger partial charge in [-0.15, -0.1) is 23.5 Å². The smallest absolute Gasteiger partial charge is 0.309 e. The lowest BCUT2D eigenvalue weighted by Crippen LogP contribution is -2.48. The van der Waals surface area contributed by atoms with Crippen molar-refractivity contribution in [3.8, 4) is 0 Å². The maximum absolute atomic E-state index is 12.9. The van der Waals surface area contributed by atoms with E-state index in [-0.39, 0.29) is 30.0 Å². The summed E-state index contributed by atoms with van der Waals surface area (Å²) >= 11 is 4.23. The van der Waals surface area contributed by atoms with E-state index in [9.17, 15) is 18.0 Å². The van der Waals surface area contributed by atoms with Gasteiger partial charge in [-0.2, -0.15) is 0 Å². The van der Waals surface area contributed by atoms with Crippen LogP contribution in [-0.2, 0) is 26.0 Å². The highest BCUT2D eigenvalue weighted by atomic mass is 32.2. The quantitative estimate of drug-likeness (QED) is 0.421. The largest absolute Gasteiger partial charge is 0.457 e. The second kappa shape index (κ2) is 9.11. The Labute approximate surface area is 204 Å². The molecule has 0 N–H and O–H groups in total. The highest BCUT2D eigenvalue weighted by Crippen LogP contribution is 2.64. The number of esters is 1. The maximum atomic E-state index is 12.9. The normalized spacial score (nSPS) is 28.0. The molecule has 9 heteroatoms. The number of benzene rings is 1. The molecule has 1 spiro atoms. The molecule has 2 aliphatic heterocycles. The first kappa shape index (κ1) is 23.5. The number of carbonyl (C=O) groups excluding carboxylic acids is 2. The molecule has 2 aliphatic carbocycles. The first-order valence-corrected chi connectivity index (χ1v) is 15.5. The molecule has 1 saturated heterocycles. The second-order valence-electron chi connectivity index (χ2n) is 9.51. The molecule has 2 bridgehead atoms. The van der Waals surface area contributed by atoms with Crippen molar-refractivity contribution in [1.82, 2.24) is 0 Å². The molecular weight excluding hydrogens is 478 g/mol. The number of Topliss-reactive ketones (excluding diaryl/α,β-unsaturated/α-hetero) is 1. The van der Waals surface area contributed by atoms with Gasteiger partial charge in [0.1, 0.15) is 0 Å². The number of ketones is 1. The molecule has 1 aromatic carbocycles. The Morgan fingerprint density at radius 1 is 1.15 bits per heavy atom. The number of sulfonamides is 1. The number of nitrogens with zero attached hydrogens (tertiary/aromatic N) is 1.